The number of nitrogens with zero attached hydrogens (tertiary/aromatic N) is 2. The molecule has 3 aromatic rings. The Bertz CT molecular complexity index is 759. The Morgan fingerprint density at radius 3 is 2.85 bits per heavy atom. The molecule has 0 saturated heterocycles. The molecule has 0 spiro atoms. The lowest BCUT2D eigenvalue weighted by Gasteiger charge is -2.02. The average Bonchev–Trinajstić information content (AvgIpc) is 2.86. The zero-order valence-corrected chi connectivity index (χ0v) is 11.5. The van der Waals surface area contributed by atoms with Gasteiger partial charge in [0, 0.05) is 0 Å². The number of imidazole rings is 1. The van der Waals surface area contributed by atoms with Gasteiger partial charge in [0.1, 0.15) is 12.3 Å². The maximum absolute atomic E-state index is 5.28. The molecule has 0 aliphatic carbocycles. The van der Waals surface area contributed by atoms with Crippen LogP contribution in [-0.2, 0) is 6.54 Å². The van der Waals surface area contributed by atoms with E-state index in [1.165, 1.54) is 11.1 Å². The summed E-state index contributed by atoms with van der Waals surface area (Å²) in [5.41, 5.74) is 3.56. The number of fused-ring (bicyclic) bond motifs is 1. The number of ether oxygens (including phenoxy) is 1. The van der Waals surface area contributed by atoms with Crippen LogP contribution in [0.3, 0.4) is 0 Å². The first-order valence-electron chi connectivity index (χ1n) is 6.56. The molecule has 3 rings (SSSR count). The highest BCUT2D eigenvalue weighted by atomic mass is 16.5. The fourth-order valence-corrected chi connectivity index (χ4v) is 2.44. The van der Waals surface area contributed by atoms with Crippen molar-refractivity contribution in [1.82, 2.24) is 4.57 Å². The standard InChI is InChI=1S/C17H17N2O/c1-3-18-13-19(17-10-5-4-9-16(17)18)12-14-7-6-8-15(11-14)20-2/h3-11,13H,1,12H2,2H3/q+1. The molecule has 0 aliphatic heterocycles. The van der Waals surface area contributed by atoms with E-state index in [1.54, 1.807) is 7.11 Å². The highest BCUT2D eigenvalue weighted by molar-refractivity contribution is 5.73. The van der Waals surface area contributed by atoms with Gasteiger partial charge in [-0.3, -0.25) is 0 Å². The summed E-state index contributed by atoms with van der Waals surface area (Å²) in [5, 5.41) is 0. The maximum atomic E-state index is 5.28. The van der Waals surface area contributed by atoms with Gasteiger partial charge in [-0.05, 0) is 29.8 Å². The SMILES string of the molecule is C=Cn1c[n+](Cc2cccc(OC)c2)c2ccccc21. The number of methoxy groups -OCH3 is 1. The Balaban J connectivity index is 2.04. The summed E-state index contributed by atoms with van der Waals surface area (Å²) < 4.78 is 9.53. The van der Waals surface area contributed by atoms with Gasteiger partial charge >= 0.3 is 0 Å². The summed E-state index contributed by atoms with van der Waals surface area (Å²) in [7, 11) is 1.69. The van der Waals surface area contributed by atoms with Crippen LogP contribution >= 0.6 is 0 Å². The van der Waals surface area contributed by atoms with E-state index < -0.39 is 0 Å². The van der Waals surface area contributed by atoms with Crippen molar-refractivity contribution in [3.8, 4) is 5.75 Å². The third kappa shape index (κ3) is 2.18. The first kappa shape index (κ1) is 12.5. The molecule has 1 heterocycles. The smallest absolute Gasteiger partial charge is 0.249 e. The second kappa shape index (κ2) is 5.21. The summed E-state index contributed by atoms with van der Waals surface area (Å²) in [4.78, 5) is 0. The number of para-hydroxylation sites is 2. The van der Waals surface area contributed by atoms with Crippen LogP contribution in [0.2, 0.25) is 0 Å². The zero-order chi connectivity index (χ0) is 13.9. The van der Waals surface area contributed by atoms with Gasteiger partial charge in [0.05, 0.1) is 13.3 Å². The molecule has 3 nitrogen and oxygen atoms in total. The molecule has 0 radical (unpaired) electrons. The summed E-state index contributed by atoms with van der Waals surface area (Å²) in [6, 6.07) is 16.5. The van der Waals surface area contributed by atoms with E-state index >= 15 is 0 Å². The van der Waals surface area contributed by atoms with Crippen molar-refractivity contribution in [1.29, 1.82) is 0 Å². The molecular weight excluding hydrogens is 248 g/mol. The molecule has 0 amide bonds. The monoisotopic (exact) mass is 265 g/mol. The van der Waals surface area contributed by atoms with Crippen molar-refractivity contribution in [3.05, 3.63) is 67.0 Å². The molecule has 0 bridgehead atoms. The van der Waals surface area contributed by atoms with Gasteiger partial charge in [0.25, 0.3) is 0 Å². The van der Waals surface area contributed by atoms with E-state index in [0.29, 0.717) is 0 Å². The van der Waals surface area contributed by atoms with Crippen molar-refractivity contribution < 1.29 is 9.30 Å². The quantitative estimate of drug-likeness (QED) is 0.663. The molecule has 0 atom stereocenters. The summed E-state index contributed by atoms with van der Waals surface area (Å²) in [6.07, 6.45) is 3.89. The van der Waals surface area contributed by atoms with E-state index in [4.69, 9.17) is 4.74 Å². The van der Waals surface area contributed by atoms with Crippen LogP contribution < -0.4 is 9.30 Å². The Labute approximate surface area is 118 Å². The Hall–Kier alpha value is -2.55. The van der Waals surface area contributed by atoms with Crippen LogP contribution in [0.4, 0.5) is 0 Å². The lowest BCUT2D eigenvalue weighted by molar-refractivity contribution is -0.662. The topological polar surface area (TPSA) is 18.0 Å². The molecule has 3 heteroatoms. The van der Waals surface area contributed by atoms with Crippen LogP contribution in [0.25, 0.3) is 17.2 Å². The fourth-order valence-electron chi connectivity index (χ4n) is 2.44. The fraction of sp³-hybridized carbons (Fsp3) is 0.118. The predicted molar refractivity (Wildman–Crippen MR) is 80.6 cm³/mol. The van der Waals surface area contributed by atoms with Gasteiger partial charge in [-0.2, -0.15) is 0 Å². The van der Waals surface area contributed by atoms with Crippen molar-refractivity contribution in [2.24, 2.45) is 0 Å². The van der Waals surface area contributed by atoms with Gasteiger partial charge in [0.2, 0.25) is 6.33 Å². The number of benzene rings is 2. The first-order valence-corrected chi connectivity index (χ1v) is 6.56. The molecular formula is C17H17N2O+. The van der Waals surface area contributed by atoms with Gasteiger partial charge < -0.3 is 4.74 Å². The summed E-state index contributed by atoms with van der Waals surface area (Å²) >= 11 is 0. The minimum absolute atomic E-state index is 0.804. The summed E-state index contributed by atoms with van der Waals surface area (Å²) in [6.45, 7) is 4.66. The van der Waals surface area contributed by atoms with Crippen LogP contribution in [0.1, 0.15) is 5.56 Å². The Kier molecular flexibility index (Phi) is 3.25. The van der Waals surface area contributed by atoms with Crippen molar-refractivity contribution in [3.63, 3.8) is 0 Å². The van der Waals surface area contributed by atoms with E-state index in [2.05, 4.69) is 47.8 Å². The van der Waals surface area contributed by atoms with Gasteiger partial charge in [-0.15, -0.1) is 0 Å². The lowest BCUT2D eigenvalue weighted by Crippen LogP contribution is -2.32. The highest BCUT2D eigenvalue weighted by Crippen LogP contribution is 2.15. The summed E-state index contributed by atoms with van der Waals surface area (Å²) in [5.74, 6) is 0.885. The molecule has 0 fully saturated rings. The van der Waals surface area contributed by atoms with Gasteiger partial charge in [-0.25, -0.2) is 9.13 Å². The molecule has 100 valence electrons. The van der Waals surface area contributed by atoms with E-state index in [1.807, 2.05) is 29.0 Å². The maximum Gasteiger partial charge on any atom is 0.249 e. The minimum Gasteiger partial charge on any atom is -0.497 e. The van der Waals surface area contributed by atoms with Crippen LogP contribution in [0.5, 0.6) is 5.75 Å². The van der Waals surface area contributed by atoms with Crippen molar-refractivity contribution in [2.75, 3.05) is 7.11 Å². The Morgan fingerprint density at radius 1 is 1.20 bits per heavy atom. The van der Waals surface area contributed by atoms with Crippen LogP contribution in [0, 0.1) is 0 Å². The normalized spacial score (nSPS) is 10.7. The van der Waals surface area contributed by atoms with Crippen LogP contribution in [0.15, 0.2) is 61.4 Å². The second-order valence-corrected chi connectivity index (χ2v) is 4.67. The first-order chi connectivity index (χ1) is 9.81. The largest absolute Gasteiger partial charge is 0.497 e. The third-order valence-electron chi connectivity index (χ3n) is 3.42. The van der Waals surface area contributed by atoms with E-state index in [9.17, 15) is 0 Å². The number of hydrogen-bond acceptors (Lipinski definition) is 1. The molecule has 0 N–H and O–H groups in total. The zero-order valence-electron chi connectivity index (χ0n) is 11.5. The molecule has 2 aromatic carbocycles. The lowest BCUT2D eigenvalue weighted by atomic mass is 10.2. The molecule has 20 heavy (non-hydrogen) atoms. The molecule has 0 aliphatic rings. The van der Waals surface area contributed by atoms with Gasteiger partial charge in [0.15, 0.2) is 11.0 Å². The average molecular weight is 265 g/mol. The number of hydrogen-bond donors (Lipinski definition) is 0. The van der Waals surface area contributed by atoms with E-state index in [0.717, 1.165) is 17.8 Å². The predicted octanol–water partition coefficient (Wildman–Crippen LogP) is 3.09. The van der Waals surface area contributed by atoms with Crippen LogP contribution in [-0.4, -0.2) is 11.7 Å². The highest BCUT2D eigenvalue weighted by Gasteiger charge is 2.13. The van der Waals surface area contributed by atoms with Gasteiger partial charge in [-0.1, -0.05) is 30.8 Å². The van der Waals surface area contributed by atoms with Crippen molar-refractivity contribution in [2.45, 2.75) is 6.54 Å². The molecule has 0 unspecified atom stereocenters. The second-order valence-electron chi connectivity index (χ2n) is 4.67. The molecule has 0 saturated carbocycles. The Morgan fingerprint density at radius 2 is 2.05 bits per heavy atom. The van der Waals surface area contributed by atoms with Crippen molar-refractivity contribution >= 4 is 17.2 Å². The minimum atomic E-state index is 0.804. The third-order valence-corrected chi connectivity index (χ3v) is 3.42. The number of aromatic nitrogens is 2. The van der Waals surface area contributed by atoms with E-state index in [-0.39, 0.29) is 0 Å². The number of rotatable bonds is 4. The molecule has 1 aromatic heterocycles.